The minimum atomic E-state index is 0.335. The van der Waals surface area contributed by atoms with E-state index in [1.807, 2.05) is 0 Å². The summed E-state index contributed by atoms with van der Waals surface area (Å²) in [7, 11) is 0. The summed E-state index contributed by atoms with van der Waals surface area (Å²) in [5.74, 6) is 0.833. The Morgan fingerprint density at radius 2 is 2.12 bits per heavy atom. The van der Waals surface area contributed by atoms with E-state index in [1.165, 1.54) is 12.4 Å². The Labute approximate surface area is 103 Å². The minimum Gasteiger partial charge on any atom is -0.382 e. The maximum atomic E-state index is 8.94. The maximum Gasteiger partial charge on any atom is 0.149 e. The molecule has 0 saturated heterocycles. The van der Waals surface area contributed by atoms with Crippen LogP contribution in [0.5, 0.6) is 0 Å². The fourth-order valence-corrected chi connectivity index (χ4v) is 1.43. The van der Waals surface area contributed by atoms with Gasteiger partial charge in [0.25, 0.3) is 0 Å². The molecule has 0 amide bonds. The summed E-state index contributed by atoms with van der Waals surface area (Å²) in [4.78, 5) is 7.92. The standard InChI is InChI=1S/C11H8ClN5/c12-8-2-1-7(4-13)9(3-8)17-11-6-15-10(14)5-16-11/h1-3,5-6H,(H2,14,15)(H,16,17). The van der Waals surface area contributed by atoms with Gasteiger partial charge in [0, 0.05) is 5.02 Å². The molecule has 2 aromatic rings. The third-order valence-electron chi connectivity index (χ3n) is 2.04. The van der Waals surface area contributed by atoms with E-state index in [4.69, 9.17) is 22.6 Å². The van der Waals surface area contributed by atoms with Gasteiger partial charge in [0.05, 0.1) is 23.6 Å². The summed E-state index contributed by atoms with van der Waals surface area (Å²) in [6.45, 7) is 0. The fourth-order valence-electron chi connectivity index (χ4n) is 1.26. The molecule has 0 unspecified atom stereocenters. The molecule has 0 saturated carbocycles. The number of nitrogens with one attached hydrogen (secondary N) is 1. The van der Waals surface area contributed by atoms with Crippen LogP contribution >= 0.6 is 11.6 Å². The molecule has 1 aromatic heterocycles. The van der Waals surface area contributed by atoms with Crippen molar-refractivity contribution < 1.29 is 0 Å². The molecule has 0 atom stereocenters. The fraction of sp³-hybridized carbons (Fsp3) is 0. The Balaban J connectivity index is 2.32. The van der Waals surface area contributed by atoms with E-state index >= 15 is 0 Å². The predicted octanol–water partition coefficient (Wildman–Crippen LogP) is 2.33. The highest BCUT2D eigenvalue weighted by Crippen LogP contribution is 2.23. The van der Waals surface area contributed by atoms with E-state index in [2.05, 4.69) is 21.4 Å². The number of nitriles is 1. The van der Waals surface area contributed by atoms with Crippen molar-refractivity contribution in [2.24, 2.45) is 0 Å². The highest BCUT2D eigenvalue weighted by atomic mass is 35.5. The Hall–Kier alpha value is -2.32. The van der Waals surface area contributed by atoms with Gasteiger partial charge in [-0.3, -0.25) is 0 Å². The summed E-state index contributed by atoms with van der Waals surface area (Å²) in [6, 6.07) is 7.00. The van der Waals surface area contributed by atoms with Crippen LogP contribution in [-0.2, 0) is 0 Å². The second-order valence-electron chi connectivity index (χ2n) is 3.25. The molecule has 0 fully saturated rings. The van der Waals surface area contributed by atoms with Crippen LogP contribution in [0.2, 0.25) is 5.02 Å². The second-order valence-corrected chi connectivity index (χ2v) is 3.69. The Morgan fingerprint density at radius 3 is 2.76 bits per heavy atom. The molecule has 1 heterocycles. The summed E-state index contributed by atoms with van der Waals surface area (Å²) < 4.78 is 0. The van der Waals surface area contributed by atoms with Crippen molar-refractivity contribution in [2.75, 3.05) is 11.1 Å². The second kappa shape index (κ2) is 4.68. The number of nitrogens with zero attached hydrogens (tertiary/aromatic N) is 3. The van der Waals surface area contributed by atoms with Crippen molar-refractivity contribution in [3.8, 4) is 6.07 Å². The first-order valence-corrected chi connectivity index (χ1v) is 5.11. The number of aromatic nitrogens is 2. The number of anilines is 3. The molecule has 17 heavy (non-hydrogen) atoms. The largest absolute Gasteiger partial charge is 0.382 e. The number of rotatable bonds is 2. The summed E-state index contributed by atoms with van der Waals surface area (Å²) in [6.07, 6.45) is 2.91. The topological polar surface area (TPSA) is 87.6 Å². The third-order valence-corrected chi connectivity index (χ3v) is 2.27. The molecule has 0 spiro atoms. The molecule has 0 radical (unpaired) electrons. The van der Waals surface area contributed by atoms with Gasteiger partial charge in [-0.25, -0.2) is 9.97 Å². The minimum absolute atomic E-state index is 0.335. The molecule has 1 aromatic carbocycles. The van der Waals surface area contributed by atoms with Gasteiger partial charge in [0.15, 0.2) is 0 Å². The summed E-state index contributed by atoms with van der Waals surface area (Å²) >= 11 is 5.86. The Bertz CT molecular complexity index is 573. The first-order valence-electron chi connectivity index (χ1n) is 4.73. The zero-order valence-electron chi connectivity index (χ0n) is 8.68. The number of nitrogens with two attached hydrogens (primary N) is 1. The normalized spacial score (nSPS) is 9.65. The molecule has 0 aliphatic heterocycles. The number of nitrogen functional groups attached to an aromatic ring is 1. The molecule has 2 rings (SSSR count). The maximum absolute atomic E-state index is 8.94. The van der Waals surface area contributed by atoms with Crippen LogP contribution in [0.3, 0.4) is 0 Å². The highest BCUT2D eigenvalue weighted by Gasteiger charge is 2.04. The van der Waals surface area contributed by atoms with Crippen LogP contribution in [0.25, 0.3) is 0 Å². The third kappa shape index (κ3) is 2.62. The van der Waals surface area contributed by atoms with Gasteiger partial charge in [-0.2, -0.15) is 5.26 Å². The Kier molecular flexibility index (Phi) is 3.08. The van der Waals surface area contributed by atoms with Crippen LogP contribution in [0.4, 0.5) is 17.3 Å². The average molecular weight is 246 g/mol. The van der Waals surface area contributed by atoms with Crippen molar-refractivity contribution in [1.29, 1.82) is 5.26 Å². The van der Waals surface area contributed by atoms with Crippen LogP contribution < -0.4 is 11.1 Å². The van der Waals surface area contributed by atoms with Crippen molar-refractivity contribution in [3.05, 3.63) is 41.2 Å². The van der Waals surface area contributed by atoms with Crippen LogP contribution in [0, 0.1) is 11.3 Å². The lowest BCUT2D eigenvalue weighted by atomic mass is 10.2. The van der Waals surface area contributed by atoms with Crippen molar-refractivity contribution in [2.45, 2.75) is 0 Å². The first kappa shape index (κ1) is 11.2. The molecule has 84 valence electrons. The molecule has 0 aliphatic rings. The predicted molar refractivity (Wildman–Crippen MR) is 65.9 cm³/mol. The van der Waals surface area contributed by atoms with Gasteiger partial charge < -0.3 is 11.1 Å². The van der Waals surface area contributed by atoms with Gasteiger partial charge in [-0.05, 0) is 18.2 Å². The van der Waals surface area contributed by atoms with Crippen LogP contribution in [0.15, 0.2) is 30.6 Å². The lowest BCUT2D eigenvalue weighted by Crippen LogP contribution is -1.98. The van der Waals surface area contributed by atoms with Gasteiger partial charge in [-0.1, -0.05) is 11.6 Å². The van der Waals surface area contributed by atoms with Gasteiger partial charge >= 0.3 is 0 Å². The van der Waals surface area contributed by atoms with E-state index in [0.29, 0.717) is 27.9 Å². The molecule has 3 N–H and O–H groups in total. The van der Waals surface area contributed by atoms with E-state index < -0.39 is 0 Å². The average Bonchev–Trinajstić information content (AvgIpc) is 2.32. The molecule has 6 heteroatoms. The van der Waals surface area contributed by atoms with Crippen molar-refractivity contribution in [1.82, 2.24) is 9.97 Å². The lowest BCUT2D eigenvalue weighted by molar-refractivity contribution is 1.21. The quantitative estimate of drug-likeness (QED) is 0.848. The van der Waals surface area contributed by atoms with E-state index in [0.717, 1.165) is 0 Å². The smallest absolute Gasteiger partial charge is 0.149 e. The van der Waals surface area contributed by atoms with E-state index in [-0.39, 0.29) is 0 Å². The molecular formula is C11H8ClN5. The van der Waals surface area contributed by atoms with Gasteiger partial charge in [0.2, 0.25) is 0 Å². The van der Waals surface area contributed by atoms with Crippen molar-refractivity contribution >= 4 is 28.9 Å². The highest BCUT2D eigenvalue weighted by molar-refractivity contribution is 6.30. The molecular weight excluding hydrogens is 238 g/mol. The first-order chi connectivity index (χ1) is 8.19. The Morgan fingerprint density at radius 1 is 1.29 bits per heavy atom. The van der Waals surface area contributed by atoms with Crippen LogP contribution in [-0.4, -0.2) is 9.97 Å². The summed E-state index contributed by atoms with van der Waals surface area (Å²) in [5, 5.41) is 12.4. The summed E-state index contributed by atoms with van der Waals surface area (Å²) in [5.41, 5.74) is 6.49. The number of hydrogen-bond donors (Lipinski definition) is 2. The van der Waals surface area contributed by atoms with Crippen molar-refractivity contribution in [3.63, 3.8) is 0 Å². The zero-order chi connectivity index (χ0) is 12.3. The lowest BCUT2D eigenvalue weighted by Gasteiger charge is -2.07. The number of halogens is 1. The SMILES string of the molecule is N#Cc1ccc(Cl)cc1Nc1cnc(N)cn1. The monoisotopic (exact) mass is 245 g/mol. The molecule has 0 bridgehead atoms. The molecule has 5 nitrogen and oxygen atoms in total. The van der Waals surface area contributed by atoms with Gasteiger partial charge in [0.1, 0.15) is 17.7 Å². The van der Waals surface area contributed by atoms with E-state index in [9.17, 15) is 0 Å². The van der Waals surface area contributed by atoms with Crippen LogP contribution in [0.1, 0.15) is 5.56 Å². The van der Waals surface area contributed by atoms with E-state index in [1.54, 1.807) is 18.2 Å². The molecule has 0 aliphatic carbocycles. The number of hydrogen-bond acceptors (Lipinski definition) is 5. The van der Waals surface area contributed by atoms with Gasteiger partial charge in [-0.15, -0.1) is 0 Å². The number of benzene rings is 1. The zero-order valence-corrected chi connectivity index (χ0v) is 9.44.